The van der Waals surface area contributed by atoms with Crippen LogP contribution in [0.4, 0.5) is 0 Å². The second-order valence-corrected chi connectivity index (χ2v) is 6.44. The largest absolute Gasteiger partial charge is 0.508 e. The third kappa shape index (κ3) is 2.74. The average molecular weight is 338 g/mol. The molecule has 25 heavy (non-hydrogen) atoms. The Hall–Kier alpha value is -3.21. The van der Waals surface area contributed by atoms with Crippen molar-refractivity contribution < 1.29 is 19.7 Å². The molecule has 0 saturated heterocycles. The molecule has 0 spiro atoms. The molecular formula is C20H18O5. The predicted octanol–water partition coefficient (Wildman–Crippen LogP) is 4.04. The Labute approximate surface area is 144 Å². The highest BCUT2D eigenvalue weighted by Crippen LogP contribution is 2.43. The lowest BCUT2D eigenvalue weighted by Gasteiger charge is -2.23. The minimum Gasteiger partial charge on any atom is -0.508 e. The van der Waals surface area contributed by atoms with Crippen molar-refractivity contribution in [2.24, 2.45) is 0 Å². The molecule has 1 aromatic heterocycles. The highest BCUT2D eigenvalue weighted by Gasteiger charge is 2.27. The molecule has 0 amide bonds. The van der Waals surface area contributed by atoms with E-state index >= 15 is 0 Å². The molecule has 3 rings (SSSR count). The van der Waals surface area contributed by atoms with Gasteiger partial charge in [-0.2, -0.15) is 0 Å². The normalized spacial score (nSPS) is 11.6. The fourth-order valence-corrected chi connectivity index (χ4v) is 2.79. The molecule has 0 fully saturated rings. The maximum absolute atomic E-state index is 12.6. The van der Waals surface area contributed by atoms with E-state index in [1.165, 1.54) is 24.3 Å². The van der Waals surface area contributed by atoms with Crippen LogP contribution in [0.3, 0.4) is 0 Å². The van der Waals surface area contributed by atoms with E-state index in [4.69, 9.17) is 4.42 Å². The number of benzene rings is 2. The van der Waals surface area contributed by atoms with Crippen molar-refractivity contribution in [1.82, 2.24) is 0 Å². The van der Waals surface area contributed by atoms with E-state index in [0.29, 0.717) is 5.56 Å². The number of aromatic hydroxyl groups is 3. The van der Waals surface area contributed by atoms with Crippen LogP contribution in [-0.4, -0.2) is 15.3 Å². The van der Waals surface area contributed by atoms with E-state index in [1.807, 2.05) is 0 Å². The van der Waals surface area contributed by atoms with Crippen molar-refractivity contribution in [3.8, 4) is 28.6 Å². The van der Waals surface area contributed by atoms with Gasteiger partial charge in [-0.15, -0.1) is 6.58 Å². The van der Waals surface area contributed by atoms with Gasteiger partial charge in [-0.3, -0.25) is 4.79 Å². The van der Waals surface area contributed by atoms with Gasteiger partial charge in [-0.25, -0.2) is 0 Å². The molecule has 0 saturated carbocycles. The van der Waals surface area contributed by atoms with Gasteiger partial charge in [0.1, 0.15) is 34.0 Å². The summed E-state index contributed by atoms with van der Waals surface area (Å²) in [6.45, 7) is 7.25. The molecule has 0 radical (unpaired) electrons. The molecule has 0 aliphatic heterocycles. The first kappa shape index (κ1) is 16.6. The highest BCUT2D eigenvalue weighted by atomic mass is 16.3. The molecule has 5 heteroatoms. The SMILES string of the molecule is C=CC(C)(C)c1c(O)cc2oc(-c3ccc(O)cc3)cc(=O)c2c1O. The fourth-order valence-electron chi connectivity index (χ4n) is 2.79. The van der Waals surface area contributed by atoms with Crippen molar-refractivity contribution >= 4 is 11.0 Å². The number of phenolic OH excluding ortho intramolecular Hbond substituents is 3. The van der Waals surface area contributed by atoms with E-state index in [1.54, 1.807) is 32.1 Å². The summed E-state index contributed by atoms with van der Waals surface area (Å²) in [6, 6.07) is 8.76. The van der Waals surface area contributed by atoms with Crippen molar-refractivity contribution in [3.05, 3.63) is 64.8 Å². The van der Waals surface area contributed by atoms with Gasteiger partial charge in [0, 0.05) is 28.7 Å². The molecule has 0 aliphatic rings. The third-order valence-electron chi connectivity index (χ3n) is 4.28. The summed E-state index contributed by atoms with van der Waals surface area (Å²) in [5.41, 5.74) is -0.271. The minimum atomic E-state index is -0.732. The zero-order chi connectivity index (χ0) is 18.4. The van der Waals surface area contributed by atoms with E-state index in [0.717, 1.165) is 0 Å². The zero-order valence-electron chi connectivity index (χ0n) is 13.9. The zero-order valence-corrected chi connectivity index (χ0v) is 13.9. The first-order valence-corrected chi connectivity index (χ1v) is 7.71. The van der Waals surface area contributed by atoms with Gasteiger partial charge in [0.05, 0.1) is 0 Å². The Bertz CT molecular complexity index is 1030. The van der Waals surface area contributed by atoms with Crippen LogP contribution in [0, 0.1) is 0 Å². The minimum absolute atomic E-state index is 0.00486. The molecule has 2 aromatic carbocycles. The van der Waals surface area contributed by atoms with Crippen LogP contribution >= 0.6 is 0 Å². The van der Waals surface area contributed by atoms with Crippen molar-refractivity contribution in [2.45, 2.75) is 19.3 Å². The van der Waals surface area contributed by atoms with E-state index in [2.05, 4.69) is 6.58 Å². The Balaban J connectivity index is 2.31. The van der Waals surface area contributed by atoms with Crippen LogP contribution < -0.4 is 5.43 Å². The molecule has 0 aliphatic carbocycles. The highest BCUT2D eigenvalue weighted by molar-refractivity contribution is 5.88. The number of phenols is 3. The first-order valence-electron chi connectivity index (χ1n) is 7.71. The van der Waals surface area contributed by atoms with E-state index in [-0.39, 0.29) is 39.5 Å². The summed E-state index contributed by atoms with van der Waals surface area (Å²) in [5, 5.41) is 30.3. The number of rotatable bonds is 3. The average Bonchev–Trinajstić information content (AvgIpc) is 2.54. The molecular weight excluding hydrogens is 320 g/mol. The van der Waals surface area contributed by atoms with Crippen molar-refractivity contribution in [2.75, 3.05) is 0 Å². The smallest absolute Gasteiger partial charge is 0.197 e. The summed E-state index contributed by atoms with van der Waals surface area (Å²) < 4.78 is 5.70. The summed E-state index contributed by atoms with van der Waals surface area (Å²) >= 11 is 0. The van der Waals surface area contributed by atoms with Crippen molar-refractivity contribution in [3.63, 3.8) is 0 Å². The maximum Gasteiger partial charge on any atom is 0.197 e. The van der Waals surface area contributed by atoms with Gasteiger partial charge in [0.15, 0.2) is 5.43 Å². The second kappa shape index (κ2) is 5.70. The molecule has 0 bridgehead atoms. The Morgan fingerprint density at radius 3 is 2.32 bits per heavy atom. The van der Waals surface area contributed by atoms with E-state index in [9.17, 15) is 20.1 Å². The van der Waals surface area contributed by atoms with Crippen LogP contribution in [0.1, 0.15) is 19.4 Å². The summed E-state index contributed by atoms with van der Waals surface area (Å²) in [7, 11) is 0. The molecule has 0 unspecified atom stereocenters. The van der Waals surface area contributed by atoms with Crippen LogP contribution in [0.15, 0.2) is 58.3 Å². The molecule has 3 N–H and O–H groups in total. The van der Waals surface area contributed by atoms with Gasteiger partial charge in [-0.05, 0) is 24.3 Å². The standard InChI is InChI=1S/C20H18O5/c1-4-20(2,3)18-14(23)10-16-17(19(18)24)13(22)9-15(25-16)11-5-7-12(21)8-6-11/h4-10,21,23-24H,1H2,2-3H3. The third-order valence-corrected chi connectivity index (χ3v) is 4.28. The second-order valence-electron chi connectivity index (χ2n) is 6.44. The molecule has 3 aromatic rings. The Morgan fingerprint density at radius 2 is 1.72 bits per heavy atom. The van der Waals surface area contributed by atoms with Crippen LogP contribution in [-0.2, 0) is 5.41 Å². The number of hydrogen-bond donors (Lipinski definition) is 3. The molecule has 5 nitrogen and oxygen atoms in total. The van der Waals surface area contributed by atoms with Gasteiger partial charge in [0.2, 0.25) is 0 Å². The Kier molecular flexibility index (Phi) is 3.80. The van der Waals surface area contributed by atoms with Crippen LogP contribution in [0.2, 0.25) is 0 Å². The summed E-state index contributed by atoms with van der Waals surface area (Å²) in [5.74, 6) is -0.127. The van der Waals surface area contributed by atoms with Gasteiger partial charge >= 0.3 is 0 Å². The topological polar surface area (TPSA) is 90.9 Å². The lowest BCUT2D eigenvalue weighted by atomic mass is 9.82. The number of allylic oxidation sites excluding steroid dienone is 1. The number of fused-ring (bicyclic) bond motifs is 1. The van der Waals surface area contributed by atoms with E-state index < -0.39 is 10.8 Å². The summed E-state index contributed by atoms with van der Waals surface area (Å²) in [4.78, 5) is 12.6. The van der Waals surface area contributed by atoms with Crippen LogP contribution in [0.5, 0.6) is 17.2 Å². The quantitative estimate of drug-likeness (QED) is 0.627. The molecule has 0 atom stereocenters. The maximum atomic E-state index is 12.6. The number of hydrogen-bond acceptors (Lipinski definition) is 5. The van der Waals surface area contributed by atoms with Gasteiger partial charge in [-0.1, -0.05) is 19.9 Å². The van der Waals surface area contributed by atoms with Crippen molar-refractivity contribution in [1.29, 1.82) is 0 Å². The lowest BCUT2D eigenvalue weighted by molar-refractivity contribution is 0.423. The Morgan fingerprint density at radius 1 is 1.08 bits per heavy atom. The molecule has 1 heterocycles. The molecule has 128 valence electrons. The summed E-state index contributed by atoms with van der Waals surface area (Å²) in [6.07, 6.45) is 1.58. The monoisotopic (exact) mass is 338 g/mol. The first-order chi connectivity index (χ1) is 11.7. The lowest BCUT2D eigenvalue weighted by Crippen LogP contribution is -2.15. The van der Waals surface area contributed by atoms with Gasteiger partial charge < -0.3 is 19.7 Å². The van der Waals surface area contributed by atoms with Gasteiger partial charge in [0.25, 0.3) is 0 Å². The predicted molar refractivity (Wildman–Crippen MR) is 96.1 cm³/mol. The fraction of sp³-hybridized carbons (Fsp3) is 0.150. The van der Waals surface area contributed by atoms with Crippen LogP contribution in [0.25, 0.3) is 22.3 Å².